The Morgan fingerprint density at radius 3 is 2.69 bits per heavy atom. The maximum absolute atomic E-state index is 12.3. The summed E-state index contributed by atoms with van der Waals surface area (Å²) >= 11 is 4.75. The van der Waals surface area contributed by atoms with Crippen LogP contribution in [0.5, 0.6) is 0 Å². The zero-order valence-corrected chi connectivity index (χ0v) is 18.0. The second kappa shape index (κ2) is 9.23. The summed E-state index contributed by atoms with van der Waals surface area (Å²) < 4.78 is 29.2. The van der Waals surface area contributed by atoms with Crippen molar-refractivity contribution in [3.63, 3.8) is 0 Å². The van der Waals surface area contributed by atoms with E-state index in [1.54, 1.807) is 6.92 Å². The molecular weight excluding hydrogens is 442 g/mol. The number of rotatable bonds is 7. The van der Waals surface area contributed by atoms with E-state index in [0.29, 0.717) is 13.0 Å². The van der Waals surface area contributed by atoms with Crippen LogP contribution in [0.15, 0.2) is 27.6 Å². The monoisotopic (exact) mass is 463 g/mol. The quantitative estimate of drug-likeness (QED) is 0.456. The number of hydrogen-bond donors (Lipinski definition) is 0. The molecular formula is C17H22BrNO5S2. The third-order valence-corrected chi connectivity index (χ3v) is 7.54. The molecule has 1 fully saturated rings. The number of likely N-dealkylation sites (N-methyl/N-ethyl adjacent to an activating group) is 1. The highest BCUT2D eigenvalue weighted by Gasteiger charge is 2.34. The first-order chi connectivity index (χ1) is 12.2. The number of carbonyl (C=O) groups is 2. The zero-order valence-electron chi connectivity index (χ0n) is 14.7. The molecule has 0 aromatic heterocycles. The standard InChI is InChI=1S/C17H22BrNO5S2/c1-3-19(14-6-7-26(22,23)11-14)16(20)9-24-17(21)10-25-15-5-4-13(18)8-12(15)2/h4-5,8,14H,3,6-7,9-11H2,1-2H3/t14-/m1/s1. The largest absolute Gasteiger partial charge is 0.455 e. The third-order valence-electron chi connectivity index (χ3n) is 4.15. The highest BCUT2D eigenvalue weighted by molar-refractivity contribution is 9.10. The Labute approximate surface area is 166 Å². The molecule has 6 nitrogen and oxygen atoms in total. The lowest BCUT2D eigenvalue weighted by molar-refractivity contribution is -0.150. The number of aryl methyl sites for hydroxylation is 1. The van der Waals surface area contributed by atoms with Gasteiger partial charge in [0.1, 0.15) is 0 Å². The van der Waals surface area contributed by atoms with Gasteiger partial charge in [0.25, 0.3) is 5.91 Å². The van der Waals surface area contributed by atoms with E-state index in [1.165, 1.54) is 16.7 Å². The van der Waals surface area contributed by atoms with Gasteiger partial charge in [-0.2, -0.15) is 0 Å². The average molecular weight is 464 g/mol. The number of amides is 1. The van der Waals surface area contributed by atoms with E-state index in [1.807, 2.05) is 25.1 Å². The molecule has 1 saturated heterocycles. The molecule has 0 saturated carbocycles. The van der Waals surface area contributed by atoms with Crippen LogP contribution in [0.1, 0.15) is 18.9 Å². The number of ether oxygens (including phenoxy) is 1. The Hall–Kier alpha value is -1.06. The molecule has 0 N–H and O–H groups in total. The van der Waals surface area contributed by atoms with Crippen LogP contribution in [0.25, 0.3) is 0 Å². The SMILES string of the molecule is CCN(C(=O)COC(=O)CSc1ccc(Br)cc1C)[C@@H]1CCS(=O)(=O)C1. The molecule has 1 aliphatic rings. The Kier molecular flexibility index (Phi) is 7.54. The lowest BCUT2D eigenvalue weighted by atomic mass is 10.2. The second-order valence-corrected chi connectivity index (χ2v) is 10.3. The molecule has 1 aliphatic heterocycles. The van der Waals surface area contributed by atoms with Gasteiger partial charge in [0, 0.05) is 22.0 Å². The Balaban J connectivity index is 1.81. The fourth-order valence-electron chi connectivity index (χ4n) is 2.84. The van der Waals surface area contributed by atoms with Gasteiger partial charge in [0.15, 0.2) is 16.4 Å². The maximum Gasteiger partial charge on any atom is 0.316 e. The Bertz CT molecular complexity index is 781. The van der Waals surface area contributed by atoms with Gasteiger partial charge in [-0.25, -0.2) is 8.42 Å². The zero-order chi connectivity index (χ0) is 19.3. The summed E-state index contributed by atoms with van der Waals surface area (Å²) in [5, 5.41) is 0. The lowest BCUT2D eigenvalue weighted by Gasteiger charge is -2.26. The van der Waals surface area contributed by atoms with Crippen LogP contribution >= 0.6 is 27.7 Å². The topological polar surface area (TPSA) is 80.8 Å². The number of carbonyl (C=O) groups excluding carboxylic acids is 2. The van der Waals surface area contributed by atoms with Gasteiger partial charge in [0.2, 0.25) is 0 Å². The van der Waals surface area contributed by atoms with Gasteiger partial charge in [-0.15, -0.1) is 11.8 Å². The van der Waals surface area contributed by atoms with E-state index in [4.69, 9.17) is 4.74 Å². The molecule has 1 amide bonds. The number of halogens is 1. The maximum atomic E-state index is 12.3. The van der Waals surface area contributed by atoms with Gasteiger partial charge in [0.05, 0.1) is 17.3 Å². The summed E-state index contributed by atoms with van der Waals surface area (Å²) in [4.78, 5) is 26.7. The summed E-state index contributed by atoms with van der Waals surface area (Å²) in [6.45, 7) is 3.78. The first-order valence-electron chi connectivity index (χ1n) is 8.26. The number of esters is 1. The molecule has 9 heteroatoms. The van der Waals surface area contributed by atoms with Crippen LogP contribution in [-0.4, -0.2) is 61.6 Å². The van der Waals surface area contributed by atoms with E-state index in [9.17, 15) is 18.0 Å². The van der Waals surface area contributed by atoms with Crippen molar-refractivity contribution < 1.29 is 22.7 Å². The van der Waals surface area contributed by atoms with Crippen molar-refractivity contribution in [2.45, 2.75) is 31.2 Å². The Morgan fingerprint density at radius 1 is 1.38 bits per heavy atom. The van der Waals surface area contributed by atoms with Gasteiger partial charge in [-0.05, 0) is 44.0 Å². The predicted molar refractivity (Wildman–Crippen MR) is 105 cm³/mol. The summed E-state index contributed by atoms with van der Waals surface area (Å²) in [7, 11) is -3.07. The van der Waals surface area contributed by atoms with Gasteiger partial charge >= 0.3 is 5.97 Å². The molecule has 144 valence electrons. The molecule has 0 bridgehead atoms. The van der Waals surface area contributed by atoms with Crippen molar-refractivity contribution in [1.29, 1.82) is 0 Å². The van der Waals surface area contributed by atoms with Crippen molar-refractivity contribution in [3.8, 4) is 0 Å². The van der Waals surface area contributed by atoms with Gasteiger partial charge in [-0.3, -0.25) is 9.59 Å². The molecule has 1 aromatic carbocycles. The smallest absolute Gasteiger partial charge is 0.316 e. The summed E-state index contributed by atoms with van der Waals surface area (Å²) in [5.74, 6) is -0.628. The highest BCUT2D eigenvalue weighted by atomic mass is 79.9. The number of thioether (sulfide) groups is 1. The summed E-state index contributed by atoms with van der Waals surface area (Å²) in [5.41, 5.74) is 1.05. The molecule has 0 spiro atoms. The minimum atomic E-state index is -3.07. The third kappa shape index (κ3) is 5.99. The molecule has 0 radical (unpaired) electrons. The molecule has 2 rings (SSSR count). The lowest BCUT2D eigenvalue weighted by Crippen LogP contribution is -2.43. The number of benzene rings is 1. The van der Waals surface area contributed by atoms with Crippen LogP contribution < -0.4 is 0 Å². The van der Waals surface area contributed by atoms with Crippen LogP contribution in [-0.2, 0) is 24.2 Å². The van der Waals surface area contributed by atoms with Crippen molar-refractivity contribution >= 4 is 49.4 Å². The highest BCUT2D eigenvalue weighted by Crippen LogP contribution is 2.25. The van der Waals surface area contributed by atoms with Crippen LogP contribution in [0.3, 0.4) is 0 Å². The van der Waals surface area contributed by atoms with Crippen LogP contribution in [0.4, 0.5) is 0 Å². The predicted octanol–water partition coefficient (Wildman–Crippen LogP) is 2.43. The molecule has 1 aromatic rings. The van der Waals surface area contributed by atoms with Crippen molar-refractivity contribution in [1.82, 2.24) is 4.90 Å². The molecule has 1 atom stereocenters. The molecule has 26 heavy (non-hydrogen) atoms. The minimum Gasteiger partial charge on any atom is -0.455 e. The normalized spacial score (nSPS) is 18.5. The Morgan fingerprint density at radius 2 is 2.12 bits per heavy atom. The second-order valence-electron chi connectivity index (χ2n) is 6.10. The van der Waals surface area contributed by atoms with Gasteiger partial charge < -0.3 is 9.64 Å². The van der Waals surface area contributed by atoms with E-state index >= 15 is 0 Å². The van der Waals surface area contributed by atoms with Crippen LogP contribution in [0.2, 0.25) is 0 Å². The van der Waals surface area contributed by atoms with Crippen molar-refractivity contribution in [3.05, 3.63) is 28.2 Å². The van der Waals surface area contributed by atoms with E-state index in [-0.39, 0.29) is 35.8 Å². The molecule has 0 aliphatic carbocycles. The minimum absolute atomic E-state index is 0.0147. The van der Waals surface area contributed by atoms with Gasteiger partial charge in [-0.1, -0.05) is 15.9 Å². The number of nitrogens with zero attached hydrogens (tertiary/aromatic N) is 1. The average Bonchev–Trinajstić information content (AvgIpc) is 2.92. The fraction of sp³-hybridized carbons (Fsp3) is 0.529. The van der Waals surface area contributed by atoms with E-state index in [0.717, 1.165) is 14.9 Å². The fourth-order valence-corrected chi connectivity index (χ4v) is 5.85. The van der Waals surface area contributed by atoms with E-state index in [2.05, 4.69) is 15.9 Å². The van der Waals surface area contributed by atoms with Crippen molar-refractivity contribution in [2.24, 2.45) is 0 Å². The van der Waals surface area contributed by atoms with Crippen LogP contribution in [0, 0.1) is 6.92 Å². The number of hydrogen-bond acceptors (Lipinski definition) is 6. The van der Waals surface area contributed by atoms with E-state index < -0.39 is 15.8 Å². The van der Waals surface area contributed by atoms with Crippen molar-refractivity contribution in [2.75, 3.05) is 30.4 Å². The first kappa shape index (κ1) is 21.2. The number of sulfone groups is 1. The molecule has 0 unspecified atom stereocenters. The summed E-state index contributed by atoms with van der Waals surface area (Å²) in [6.07, 6.45) is 0.439. The summed E-state index contributed by atoms with van der Waals surface area (Å²) in [6, 6.07) is 5.46. The first-order valence-corrected chi connectivity index (χ1v) is 11.9. The molecule has 1 heterocycles.